The third kappa shape index (κ3) is 2.30. The number of rotatable bonds is 4. The smallest absolute Gasteiger partial charge is 0.207 e. The molecule has 5 heteroatoms. The molecule has 0 aliphatic heterocycles. The van der Waals surface area contributed by atoms with Crippen LogP contribution in [0.3, 0.4) is 0 Å². The lowest BCUT2D eigenvalue weighted by Gasteiger charge is -2.07. The Balaban J connectivity index is 1.80. The molecule has 2 aromatic rings. The molecular formula is C12H14N4S. The van der Waals surface area contributed by atoms with E-state index in [0.29, 0.717) is 12.5 Å². The number of anilines is 2. The number of para-hydroxylation sites is 1. The van der Waals surface area contributed by atoms with Crippen molar-refractivity contribution in [1.29, 1.82) is 0 Å². The molecule has 0 radical (unpaired) electrons. The minimum atomic E-state index is 0.525. The van der Waals surface area contributed by atoms with Gasteiger partial charge in [-0.2, -0.15) is 4.37 Å². The van der Waals surface area contributed by atoms with Crippen molar-refractivity contribution >= 4 is 22.4 Å². The topological polar surface area (TPSA) is 63.8 Å². The number of nitrogens with two attached hydrogens (primary N) is 1. The molecule has 17 heavy (non-hydrogen) atoms. The molecule has 3 N–H and O–H groups in total. The van der Waals surface area contributed by atoms with Gasteiger partial charge in [0.1, 0.15) is 5.82 Å². The normalized spacial score (nSPS) is 14.9. The number of nitrogens with zero attached hydrogens (tertiary/aromatic N) is 2. The molecule has 0 unspecified atom stereocenters. The fraction of sp³-hybridized carbons (Fsp3) is 0.333. The van der Waals surface area contributed by atoms with Crippen LogP contribution in [0.25, 0.3) is 0 Å². The van der Waals surface area contributed by atoms with Gasteiger partial charge in [0.2, 0.25) is 5.13 Å². The summed E-state index contributed by atoms with van der Waals surface area (Å²) in [6.45, 7) is 0.525. The Morgan fingerprint density at radius 1 is 1.35 bits per heavy atom. The van der Waals surface area contributed by atoms with Crippen molar-refractivity contribution in [3.8, 4) is 0 Å². The van der Waals surface area contributed by atoms with Crippen molar-refractivity contribution in [2.75, 3.05) is 5.32 Å². The fourth-order valence-electron chi connectivity index (χ4n) is 1.73. The molecule has 3 rings (SSSR count). The van der Waals surface area contributed by atoms with Crippen LogP contribution in [-0.2, 0) is 6.54 Å². The van der Waals surface area contributed by atoms with Crippen LogP contribution in [0.15, 0.2) is 24.3 Å². The summed E-state index contributed by atoms with van der Waals surface area (Å²) < 4.78 is 4.37. The molecule has 0 bridgehead atoms. The molecule has 1 saturated carbocycles. The van der Waals surface area contributed by atoms with Gasteiger partial charge in [0.15, 0.2) is 0 Å². The largest absolute Gasteiger partial charge is 0.330 e. The van der Waals surface area contributed by atoms with E-state index in [1.165, 1.54) is 24.4 Å². The van der Waals surface area contributed by atoms with Crippen LogP contribution in [0.5, 0.6) is 0 Å². The third-order valence-corrected chi connectivity index (χ3v) is 3.51. The maximum Gasteiger partial charge on any atom is 0.207 e. The first kappa shape index (κ1) is 10.7. The van der Waals surface area contributed by atoms with Crippen molar-refractivity contribution in [2.45, 2.75) is 25.3 Å². The lowest BCUT2D eigenvalue weighted by atomic mass is 10.2. The molecule has 0 amide bonds. The highest BCUT2D eigenvalue weighted by Gasteiger charge is 2.27. The number of aromatic nitrogens is 2. The molecule has 1 heterocycles. The highest BCUT2D eigenvalue weighted by atomic mass is 32.1. The summed E-state index contributed by atoms with van der Waals surface area (Å²) >= 11 is 1.42. The molecule has 1 fully saturated rings. The molecular weight excluding hydrogens is 232 g/mol. The quantitative estimate of drug-likeness (QED) is 0.870. The first-order chi connectivity index (χ1) is 8.36. The van der Waals surface area contributed by atoms with Gasteiger partial charge in [0.25, 0.3) is 0 Å². The van der Waals surface area contributed by atoms with Gasteiger partial charge in [0.05, 0.1) is 0 Å². The van der Waals surface area contributed by atoms with Gasteiger partial charge in [-0.15, -0.1) is 0 Å². The van der Waals surface area contributed by atoms with Crippen LogP contribution < -0.4 is 11.1 Å². The summed E-state index contributed by atoms with van der Waals surface area (Å²) in [7, 11) is 0. The van der Waals surface area contributed by atoms with Gasteiger partial charge in [-0.05, 0) is 24.5 Å². The summed E-state index contributed by atoms with van der Waals surface area (Å²) in [5.74, 6) is 1.59. The van der Waals surface area contributed by atoms with Crippen LogP contribution in [0, 0.1) is 0 Å². The maximum absolute atomic E-state index is 5.70. The lowest BCUT2D eigenvalue weighted by molar-refractivity contribution is 0.986. The van der Waals surface area contributed by atoms with Gasteiger partial charge in [-0.25, -0.2) is 4.98 Å². The van der Waals surface area contributed by atoms with E-state index in [4.69, 9.17) is 5.73 Å². The minimum absolute atomic E-state index is 0.525. The zero-order valence-corrected chi connectivity index (χ0v) is 10.2. The number of nitrogens with one attached hydrogen (secondary N) is 1. The van der Waals surface area contributed by atoms with E-state index in [0.717, 1.165) is 22.2 Å². The molecule has 0 saturated heterocycles. The Morgan fingerprint density at radius 2 is 2.18 bits per heavy atom. The van der Waals surface area contributed by atoms with Crippen LogP contribution in [0.4, 0.5) is 10.8 Å². The van der Waals surface area contributed by atoms with Crippen molar-refractivity contribution in [3.05, 3.63) is 35.7 Å². The molecule has 1 aliphatic rings. The van der Waals surface area contributed by atoms with Gasteiger partial charge >= 0.3 is 0 Å². The van der Waals surface area contributed by atoms with Crippen molar-refractivity contribution in [2.24, 2.45) is 5.73 Å². The predicted molar refractivity (Wildman–Crippen MR) is 69.5 cm³/mol. The van der Waals surface area contributed by atoms with E-state index >= 15 is 0 Å². The zero-order chi connectivity index (χ0) is 11.7. The number of benzene rings is 1. The van der Waals surface area contributed by atoms with Crippen LogP contribution in [0.2, 0.25) is 0 Å². The predicted octanol–water partition coefficient (Wildman–Crippen LogP) is 2.62. The second-order valence-corrected chi connectivity index (χ2v) is 4.97. The molecule has 1 aliphatic carbocycles. The van der Waals surface area contributed by atoms with Crippen molar-refractivity contribution in [3.63, 3.8) is 0 Å². The average molecular weight is 246 g/mol. The molecule has 0 spiro atoms. The van der Waals surface area contributed by atoms with E-state index in [1.807, 2.05) is 24.3 Å². The first-order valence-electron chi connectivity index (χ1n) is 5.75. The van der Waals surface area contributed by atoms with E-state index in [-0.39, 0.29) is 0 Å². The molecule has 1 aromatic heterocycles. The molecule has 1 aromatic carbocycles. The van der Waals surface area contributed by atoms with E-state index < -0.39 is 0 Å². The highest BCUT2D eigenvalue weighted by Crippen LogP contribution is 2.39. The van der Waals surface area contributed by atoms with Gasteiger partial charge in [-0.3, -0.25) is 0 Å². The Morgan fingerprint density at radius 3 is 2.94 bits per heavy atom. The Bertz CT molecular complexity index is 519. The van der Waals surface area contributed by atoms with Crippen LogP contribution in [0.1, 0.15) is 30.1 Å². The van der Waals surface area contributed by atoms with E-state index in [9.17, 15) is 0 Å². The summed E-state index contributed by atoms with van der Waals surface area (Å²) in [5.41, 5.74) is 7.81. The van der Waals surface area contributed by atoms with E-state index in [1.54, 1.807) is 0 Å². The Kier molecular flexibility index (Phi) is 2.78. The van der Waals surface area contributed by atoms with Crippen molar-refractivity contribution < 1.29 is 0 Å². The van der Waals surface area contributed by atoms with E-state index in [2.05, 4.69) is 14.7 Å². The van der Waals surface area contributed by atoms with Gasteiger partial charge in [0, 0.05) is 29.7 Å². The lowest BCUT2D eigenvalue weighted by Crippen LogP contribution is -2.01. The highest BCUT2D eigenvalue weighted by molar-refractivity contribution is 7.09. The standard InChI is InChI=1S/C12H14N4S/c13-7-9-3-1-2-4-10(9)14-12-15-11(16-17-12)8-5-6-8/h1-4,8H,5-7,13H2,(H,14,15,16). The SMILES string of the molecule is NCc1ccccc1Nc1nc(C2CC2)ns1. The Labute approximate surface area is 104 Å². The van der Waals surface area contributed by atoms with Crippen LogP contribution >= 0.6 is 11.5 Å². The number of hydrogen-bond donors (Lipinski definition) is 2. The third-order valence-electron chi connectivity index (χ3n) is 2.86. The average Bonchev–Trinajstić information content (AvgIpc) is 3.11. The second kappa shape index (κ2) is 4.43. The Hall–Kier alpha value is -1.46. The summed E-state index contributed by atoms with van der Waals surface area (Å²) in [4.78, 5) is 4.50. The van der Waals surface area contributed by atoms with Gasteiger partial charge < -0.3 is 11.1 Å². The summed E-state index contributed by atoms with van der Waals surface area (Å²) in [6.07, 6.45) is 2.46. The van der Waals surface area contributed by atoms with Gasteiger partial charge in [-0.1, -0.05) is 18.2 Å². The second-order valence-electron chi connectivity index (χ2n) is 4.22. The monoisotopic (exact) mass is 246 g/mol. The molecule has 88 valence electrons. The van der Waals surface area contributed by atoms with Crippen molar-refractivity contribution in [1.82, 2.24) is 9.36 Å². The zero-order valence-electron chi connectivity index (χ0n) is 9.39. The number of hydrogen-bond acceptors (Lipinski definition) is 5. The first-order valence-corrected chi connectivity index (χ1v) is 6.53. The molecule has 0 atom stereocenters. The minimum Gasteiger partial charge on any atom is -0.330 e. The summed E-state index contributed by atoms with van der Waals surface area (Å²) in [5, 5.41) is 4.15. The maximum atomic E-state index is 5.70. The summed E-state index contributed by atoms with van der Waals surface area (Å²) in [6, 6.07) is 8.01. The van der Waals surface area contributed by atoms with Crippen LogP contribution in [-0.4, -0.2) is 9.36 Å². The fourth-order valence-corrected chi connectivity index (χ4v) is 2.39. The molecule has 4 nitrogen and oxygen atoms in total.